The maximum atomic E-state index is 5.73. The van der Waals surface area contributed by atoms with Crippen molar-refractivity contribution in [2.45, 2.75) is 44.4 Å². The van der Waals surface area contributed by atoms with Gasteiger partial charge in [-0.15, -0.1) is 0 Å². The minimum absolute atomic E-state index is 0.138. The van der Waals surface area contributed by atoms with Gasteiger partial charge in [-0.05, 0) is 44.4 Å². The summed E-state index contributed by atoms with van der Waals surface area (Å²) in [6.07, 6.45) is 2.29. The highest BCUT2D eigenvalue weighted by atomic mass is 16.5. The molecule has 4 nitrogen and oxygen atoms in total. The van der Waals surface area contributed by atoms with E-state index >= 15 is 0 Å². The zero-order valence-electron chi connectivity index (χ0n) is 11.6. The largest absolute Gasteiger partial charge is 0.399 e. The number of aromatic nitrogens is 2. The van der Waals surface area contributed by atoms with Gasteiger partial charge in [-0.3, -0.25) is 0 Å². The normalized spacial score (nSPS) is 17.4. The fourth-order valence-corrected chi connectivity index (χ4v) is 2.16. The summed E-state index contributed by atoms with van der Waals surface area (Å²) in [5.74, 6) is 1.51. The predicted molar refractivity (Wildman–Crippen MR) is 73.9 cm³/mol. The maximum absolute atomic E-state index is 5.73. The zero-order chi connectivity index (χ0) is 13.7. The molecular weight excluding hydrogens is 238 g/mol. The van der Waals surface area contributed by atoms with Crippen LogP contribution in [0, 0.1) is 0 Å². The van der Waals surface area contributed by atoms with E-state index in [1.807, 2.05) is 24.3 Å². The van der Waals surface area contributed by atoms with Crippen LogP contribution in [0.15, 0.2) is 28.8 Å². The van der Waals surface area contributed by atoms with Crippen molar-refractivity contribution in [2.75, 3.05) is 5.73 Å². The maximum Gasteiger partial charge on any atom is 0.236 e. The number of hydrogen-bond acceptors (Lipinski definition) is 4. The zero-order valence-corrected chi connectivity index (χ0v) is 11.6. The Bertz CT molecular complexity index is 594. The molecule has 0 atom stereocenters. The van der Waals surface area contributed by atoms with Crippen molar-refractivity contribution in [2.24, 2.45) is 0 Å². The molecule has 0 spiro atoms. The fraction of sp³-hybridized carbons (Fsp3) is 0.467. The minimum atomic E-state index is -0.301. The van der Waals surface area contributed by atoms with Crippen molar-refractivity contribution in [3.8, 4) is 0 Å². The summed E-state index contributed by atoms with van der Waals surface area (Å²) in [7, 11) is 0. The summed E-state index contributed by atoms with van der Waals surface area (Å²) in [6, 6.07) is 7.82. The van der Waals surface area contributed by atoms with Gasteiger partial charge in [0, 0.05) is 11.1 Å². The van der Waals surface area contributed by atoms with E-state index in [1.54, 1.807) is 0 Å². The molecule has 1 aromatic heterocycles. The van der Waals surface area contributed by atoms with E-state index in [1.165, 1.54) is 0 Å². The first-order chi connectivity index (χ1) is 8.92. The lowest BCUT2D eigenvalue weighted by Gasteiger charge is -2.20. The van der Waals surface area contributed by atoms with Crippen LogP contribution < -0.4 is 5.73 Å². The third-order valence-corrected chi connectivity index (χ3v) is 4.13. The standard InChI is InChI=1S/C15H19N3O/c1-14(2,10-4-6-11(16)7-5-10)13-17-12(18-19-13)15(3)8-9-15/h4-7H,8-9,16H2,1-3H3. The Morgan fingerprint density at radius 3 is 2.42 bits per heavy atom. The predicted octanol–water partition coefficient (Wildman–Crippen LogP) is 3.03. The number of anilines is 1. The molecule has 4 heteroatoms. The topological polar surface area (TPSA) is 64.9 Å². The van der Waals surface area contributed by atoms with E-state index in [0.29, 0.717) is 5.89 Å². The van der Waals surface area contributed by atoms with Gasteiger partial charge < -0.3 is 10.3 Å². The molecule has 2 aromatic rings. The molecule has 0 unspecified atom stereocenters. The Kier molecular flexibility index (Phi) is 2.46. The first-order valence-corrected chi connectivity index (χ1v) is 6.62. The van der Waals surface area contributed by atoms with E-state index in [2.05, 4.69) is 30.9 Å². The summed E-state index contributed by atoms with van der Waals surface area (Å²) in [5.41, 5.74) is 7.45. The Hall–Kier alpha value is -1.84. The highest BCUT2D eigenvalue weighted by Gasteiger charge is 2.44. The van der Waals surface area contributed by atoms with E-state index in [9.17, 15) is 0 Å². The first-order valence-electron chi connectivity index (χ1n) is 6.62. The molecule has 0 saturated heterocycles. The van der Waals surface area contributed by atoms with Crippen LogP contribution in [0.2, 0.25) is 0 Å². The van der Waals surface area contributed by atoms with Crippen LogP contribution in [0.5, 0.6) is 0 Å². The van der Waals surface area contributed by atoms with Crippen LogP contribution in [0.3, 0.4) is 0 Å². The second-order valence-corrected chi connectivity index (χ2v) is 6.23. The van der Waals surface area contributed by atoms with Gasteiger partial charge in [-0.2, -0.15) is 4.98 Å². The molecule has 1 heterocycles. The Morgan fingerprint density at radius 2 is 1.84 bits per heavy atom. The molecule has 1 fully saturated rings. The molecule has 1 aliphatic carbocycles. The van der Waals surface area contributed by atoms with Crippen LogP contribution in [0.25, 0.3) is 0 Å². The fourth-order valence-electron chi connectivity index (χ4n) is 2.16. The molecule has 2 N–H and O–H groups in total. The van der Waals surface area contributed by atoms with Crippen LogP contribution in [-0.4, -0.2) is 10.1 Å². The van der Waals surface area contributed by atoms with Gasteiger partial charge in [0.25, 0.3) is 0 Å². The number of rotatable bonds is 3. The number of nitrogen functional groups attached to an aromatic ring is 1. The quantitative estimate of drug-likeness (QED) is 0.858. The summed E-state index contributed by atoms with van der Waals surface area (Å²) in [4.78, 5) is 4.61. The number of nitrogens with zero attached hydrogens (tertiary/aromatic N) is 2. The van der Waals surface area contributed by atoms with Crippen molar-refractivity contribution in [1.29, 1.82) is 0 Å². The minimum Gasteiger partial charge on any atom is -0.399 e. The summed E-state index contributed by atoms with van der Waals surface area (Å²) < 4.78 is 5.49. The lowest BCUT2D eigenvalue weighted by Crippen LogP contribution is -2.19. The summed E-state index contributed by atoms with van der Waals surface area (Å²) >= 11 is 0. The lowest BCUT2D eigenvalue weighted by atomic mass is 9.84. The summed E-state index contributed by atoms with van der Waals surface area (Å²) in [6.45, 7) is 6.36. The smallest absolute Gasteiger partial charge is 0.236 e. The van der Waals surface area contributed by atoms with Crippen molar-refractivity contribution in [1.82, 2.24) is 10.1 Å². The van der Waals surface area contributed by atoms with Crippen molar-refractivity contribution < 1.29 is 4.52 Å². The van der Waals surface area contributed by atoms with E-state index in [4.69, 9.17) is 10.3 Å². The third-order valence-electron chi connectivity index (χ3n) is 4.13. The molecular formula is C15H19N3O. The Balaban J connectivity index is 1.95. The second-order valence-electron chi connectivity index (χ2n) is 6.23. The molecule has 0 radical (unpaired) electrons. The number of benzene rings is 1. The van der Waals surface area contributed by atoms with E-state index in [-0.39, 0.29) is 10.8 Å². The van der Waals surface area contributed by atoms with Gasteiger partial charge in [-0.25, -0.2) is 0 Å². The summed E-state index contributed by atoms with van der Waals surface area (Å²) in [5, 5.41) is 4.15. The Morgan fingerprint density at radius 1 is 1.21 bits per heavy atom. The van der Waals surface area contributed by atoms with Crippen molar-refractivity contribution in [3.63, 3.8) is 0 Å². The van der Waals surface area contributed by atoms with Crippen LogP contribution in [0.1, 0.15) is 50.9 Å². The average molecular weight is 257 g/mol. The van der Waals surface area contributed by atoms with Gasteiger partial charge in [0.2, 0.25) is 5.89 Å². The third kappa shape index (κ3) is 2.01. The van der Waals surface area contributed by atoms with Crippen LogP contribution in [-0.2, 0) is 10.8 Å². The second kappa shape index (κ2) is 3.83. The molecule has 1 saturated carbocycles. The SMILES string of the molecule is CC1(c2noc(C(C)(C)c3ccc(N)cc3)n2)CC1. The lowest BCUT2D eigenvalue weighted by molar-refractivity contribution is 0.328. The monoisotopic (exact) mass is 257 g/mol. The van der Waals surface area contributed by atoms with Gasteiger partial charge in [0.1, 0.15) is 0 Å². The van der Waals surface area contributed by atoms with E-state index in [0.717, 1.165) is 29.9 Å². The van der Waals surface area contributed by atoms with Gasteiger partial charge in [-0.1, -0.05) is 24.2 Å². The van der Waals surface area contributed by atoms with Gasteiger partial charge >= 0.3 is 0 Å². The van der Waals surface area contributed by atoms with Crippen LogP contribution >= 0.6 is 0 Å². The highest BCUT2D eigenvalue weighted by Crippen LogP contribution is 2.46. The number of nitrogens with two attached hydrogens (primary N) is 1. The van der Waals surface area contributed by atoms with Gasteiger partial charge in [0.15, 0.2) is 5.82 Å². The molecule has 100 valence electrons. The van der Waals surface area contributed by atoms with Crippen molar-refractivity contribution >= 4 is 5.69 Å². The van der Waals surface area contributed by atoms with Crippen LogP contribution in [0.4, 0.5) is 5.69 Å². The molecule has 1 aromatic carbocycles. The molecule has 0 amide bonds. The Labute approximate surface area is 113 Å². The molecule has 1 aliphatic rings. The molecule has 0 aliphatic heterocycles. The molecule has 3 rings (SSSR count). The number of hydrogen-bond donors (Lipinski definition) is 1. The van der Waals surface area contributed by atoms with Gasteiger partial charge in [0.05, 0.1) is 5.41 Å². The average Bonchev–Trinajstić information content (AvgIpc) is 2.94. The molecule has 0 bridgehead atoms. The first kappa shape index (κ1) is 12.2. The molecule has 19 heavy (non-hydrogen) atoms. The highest BCUT2D eigenvalue weighted by molar-refractivity contribution is 5.42. The van der Waals surface area contributed by atoms with E-state index < -0.39 is 0 Å². The van der Waals surface area contributed by atoms with Crippen molar-refractivity contribution in [3.05, 3.63) is 41.5 Å².